The van der Waals surface area contributed by atoms with E-state index >= 15 is 0 Å². The van der Waals surface area contributed by atoms with Gasteiger partial charge in [-0.1, -0.05) is 41.6 Å². The second-order valence-corrected chi connectivity index (χ2v) is 4.94. The van der Waals surface area contributed by atoms with Gasteiger partial charge in [0.05, 0.1) is 12.9 Å². The van der Waals surface area contributed by atoms with E-state index in [-0.39, 0.29) is 0 Å². The van der Waals surface area contributed by atoms with Crippen molar-refractivity contribution in [3.63, 3.8) is 0 Å². The van der Waals surface area contributed by atoms with E-state index in [1.165, 1.54) is 5.56 Å². The Bertz CT molecular complexity index is 864. The number of nitrogens with zero attached hydrogens (tertiary/aromatic N) is 3. The van der Waals surface area contributed by atoms with Crippen molar-refractivity contribution in [2.24, 2.45) is 0 Å². The molecule has 0 bridgehead atoms. The zero-order chi connectivity index (χ0) is 14.1. The molecular weight excluding hydrogens is 262 g/mol. The van der Waals surface area contributed by atoms with Gasteiger partial charge in [-0.2, -0.15) is 0 Å². The second kappa shape index (κ2) is 4.90. The number of hydrogen-bond donors (Lipinski definition) is 0. The molecule has 0 aliphatic rings. The summed E-state index contributed by atoms with van der Waals surface area (Å²) in [6.07, 6.45) is 5.46. The van der Waals surface area contributed by atoms with Crippen LogP contribution in [0.4, 0.5) is 0 Å². The highest BCUT2D eigenvalue weighted by atomic mass is 16.5. The molecule has 0 amide bonds. The molecule has 2 heterocycles. The van der Waals surface area contributed by atoms with Crippen LogP contribution in [0.25, 0.3) is 22.1 Å². The van der Waals surface area contributed by atoms with Crippen LogP contribution in [0.3, 0.4) is 0 Å². The van der Waals surface area contributed by atoms with Crippen molar-refractivity contribution >= 4 is 11.0 Å². The van der Waals surface area contributed by atoms with E-state index in [2.05, 4.69) is 34.4 Å². The SMILES string of the molecule is c1ccc(-c2ccc3onc(Cn4ccnc4)c3c2)cc1. The van der Waals surface area contributed by atoms with E-state index in [1.807, 2.05) is 35.0 Å². The highest BCUT2D eigenvalue weighted by Gasteiger charge is 2.10. The van der Waals surface area contributed by atoms with Gasteiger partial charge in [0.15, 0.2) is 5.58 Å². The molecule has 4 nitrogen and oxygen atoms in total. The summed E-state index contributed by atoms with van der Waals surface area (Å²) in [7, 11) is 0. The van der Waals surface area contributed by atoms with E-state index in [0.29, 0.717) is 6.54 Å². The van der Waals surface area contributed by atoms with Crippen LogP contribution in [0.1, 0.15) is 5.69 Å². The highest BCUT2D eigenvalue weighted by molar-refractivity contribution is 5.85. The standard InChI is InChI=1S/C17H13N3O/c1-2-4-13(5-3-1)14-6-7-17-15(10-14)16(19-21-17)11-20-9-8-18-12-20/h1-10,12H,11H2. The Morgan fingerprint density at radius 1 is 1.00 bits per heavy atom. The zero-order valence-electron chi connectivity index (χ0n) is 11.3. The van der Waals surface area contributed by atoms with Crippen LogP contribution in [0.5, 0.6) is 0 Å². The van der Waals surface area contributed by atoms with Gasteiger partial charge in [0.25, 0.3) is 0 Å². The third-order valence-corrected chi connectivity index (χ3v) is 3.54. The average molecular weight is 275 g/mol. The minimum Gasteiger partial charge on any atom is -0.356 e. The lowest BCUT2D eigenvalue weighted by atomic mass is 10.0. The Balaban J connectivity index is 1.79. The lowest BCUT2D eigenvalue weighted by Gasteiger charge is -2.02. The fraction of sp³-hybridized carbons (Fsp3) is 0.0588. The summed E-state index contributed by atoms with van der Waals surface area (Å²) >= 11 is 0. The molecule has 21 heavy (non-hydrogen) atoms. The van der Waals surface area contributed by atoms with Crippen molar-refractivity contribution in [3.8, 4) is 11.1 Å². The molecular formula is C17H13N3O. The molecule has 4 rings (SSSR count). The van der Waals surface area contributed by atoms with E-state index in [1.54, 1.807) is 12.5 Å². The molecule has 2 aromatic carbocycles. The van der Waals surface area contributed by atoms with Crippen LogP contribution < -0.4 is 0 Å². The predicted octanol–water partition coefficient (Wildman–Crippen LogP) is 3.74. The van der Waals surface area contributed by atoms with Gasteiger partial charge in [0, 0.05) is 17.8 Å². The van der Waals surface area contributed by atoms with Crippen molar-refractivity contribution in [2.75, 3.05) is 0 Å². The molecule has 2 aromatic heterocycles. The molecule has 0 aliphatic heterocycles. The molecule has 0 saturated heterocycles. The normalized spacial score (nSPS) is 11.0. The van der Waals surface area contributed by atoms with Crippen LogP contribution in [0.15, 0.2) is 71.8 Å². The van der Waals surface area contributed by atoms with Crippen molar-refractivity contribution < 1.29 is 4.52 Å². The monoisotopic (exact) mass is 275 g/mol. The molecule has 4 heteroatoms. The van der Waals surface area contributed by atoms with Gasteiger partial charge in [0.1, 0.15) is 5.69 Å². The topological polar surface area (TPSA) is 43.9 Å². The van der Waals surface area contributed by atoms with Crippen molar-refractivity contribution in [3.05, 3.63) is 72.9 Å². The molecule has 0 aliphatic carbocycles. The third-order valence-electron chi connectivity index (χ3n) is 3.54. The third kappa shape index (κ3) is 2.21. The maximum Gasteiger partial charge on any atom is 0.167 e. The molecule has 4 aromatic rings. The number of rotatable bonds is 3. The lowest BCUT2D eigenvalue weighted by molar-refractivity contribution is 0.443. The van der Waals surface area contributed by atoms with Crippen molar-refractivity contribution in [1.82, 2.24) is 14.7 Å². The van der Waals surface area contributed by atoms with Gasteiger partial charge in [-0.25, -0.2) is 4.98 Å². The maximum atomic E-state index is 5.40. The van der Waals surface area contributed by atoms with Gasteiger partial charge < -0.3 is 9.09 Å². The van der Waals surface area contributed by atoms with E-state index in [0.717, 1.165) is 22.2 Å². The highest BCUT2D eigenvalue weighted by Crippen LogP contribution is 2.26. The van der Waals surface area contributed by atoms with E-state index < -0.39 is 0 Å². The Morgan fingerprint density at radius 2 is 1.90 bits per heavy atom. The Kier molecular flexibility index (Phi) is 2.78. The van der Waals surface area contributed by atoms with Crippen molar-refractivity contribution in [2.45, 2.75) is 6.54 Å². The van der Waals surface area contributed by atoms with Gasteiger partial charge in [-0.15, -0.1) is 0 Å². The summed E-state index contributed by atoms with van der Waals surface area (Å²) < 4.78 is 7.38. The summed E-state index contributed by atoms with van der Waals surface area (Å²) in [4.78, 5) is 4.05. The molecule has 0 radical (unpaired) electrons. The Labute approximate surface area is 121 Å². The van der Waals surface area contributed by atoms with E-state index in [9.17, 15) is 0 Å². The first-order valence-corrected chi connectivity index (χ1v) is 6.79. The van der Waals surface area contributed by atoms with Crippen LogP contribution in [-0.4, -0.2) is 14.7 Å². The first-order chi connectivity index (χ1) is 10.4. The van der Waals surface area contributed by atoms with E-state index in [4.69, 9.17) is 4.52 Å². The first-order valence-electron chi connectivity index (χ1n) is 6.79. The summed E-state index contributed by atoms with van der Waals surface area (Å²) in [5.74, 6) is 0. The van der Waals surface area contributed by atoms with Gasteiger partial charge in [-0.3, -0.25) is 0 Å². The molecule has 0 atom stereocenters. The minimum atomic E-state index is 0.658. The maximum absolute atomic E-state index is 5.40. The van der Waals surface area contributed by atoms with Crippen LogP contribution >= 0.6 is 0 Å². The number of fused-ring (bicyclic) bond motifs is 1. The average Bonchev–Trinajstić information content (AvgIpc) is 3.19. The van der Waals surface area contributed by atoms with Gasteiger partial charge in [0.2, 0.25) is 0 Å². The molecule has 0 N–H and O–H groups in total. The second-order valence-electron chi connectivity index (χ2n) is 4.94. The largest absolute Gasteiger partial charge is 0.356 e. The summed E-state index contributed by atoms with van der Waals surface area (Å²) in [5.41, 5.74) is 4.08. The number of aromatic nitrogens is 3. The van der Waals surface area contributed by atoms with Gasteiger partial charge in [-0.05, 0) is 23.3 Å². The van der Waals surface area contributed by atoms with Crippen LogP contribution in [-0.2, 0) is 6.54 Å². The Hall–Kier alpha value is -2.88. The number of benzene rings is 2. The zero-order valence-corrected chi connectivity index (χ0v) is 11.3. The number of imidazole rings is 1. The predicted molar refractivity (Wildman–Crippen MR) is 80.8 cm³/mol. The van der Waals surface area contributed by atoms with Crippen molar-refractivity contribution in [1.29, 1.82) is 0 Å². The van der Waals surface area contributed by atoms with Crippen LogP contribution in [0, 0.1) is 0 Å². The summed E-state index contributed by atoms with van der Waals surface area (Å²) in [6, 6.07) is 16.5. The smallest absolute Gasteiger partial charge is 0.167 e. The quantitative estimate of drug-likeness (QED) is 0.572. The fourth-order valence-corrected chi connectivity index (χ4v) is 2.47. The molecule has 0 fully saturated rings. The molecule has 0 saturated carbocycles. The molecule has 0 spiro atoms. The van der Waals surface area contributed by atoms with Crippen LogP contribution in [0.2, 0.25) is 0 Å². The summed E-state index contributed by atoms with van der Waals surface area (Å²) in [5, 5.41) is 5.23. The molecule has 102 valence electrons. The lowest BCUT2D eigenvalue weighted by Crippen LogP contribution is -1.96. The number of hydrogen-bond acceptors (Lipinski definition) is 3. The molecule has 0 unspecified atom stereocenters. The first kappa shape index (κ1) is 11.9. The fourth-order valence-electron chi connectivity index (χ4n) is 2.47. The minimum absolute atomic E-state index is 0.658. The van der Waals surface area contributed by atoms with Gasteiger partial charge >= 0.3 is 0 Å². The Morgan fingerprint density at radius 3 is 2.71 bits per heavy atom. The summed E-state index contributed by atoms with van der Waals surface area (Å²) in [6.45, 7) is 0.658.